The van der Waals surface area contributed by atoms with Crippen LogP contribution in [0.15, 0.2) is 30.0 Å². The van der Waals surface area contributed by atoms with Crippen molar-refractivity contribution in [2.75, 3.05) is 20.8 Å². The number of carbonyl (C=O) groups is 3. The van der Waals surface area contributed by atoms with Gasteiger partial charge in [0.25, 0.3) is 0 Å². The molecule has 0 fully saturated rings. The molecule has 0 radical (unpaired) electrons. The second-order valence-electron chi connectivity index (χ2n) is 10.6. The van der Waals surface area contributed by atoms with Gasteiger partial charge in [0.15, 0.2) is 5.78 Å². The molecule has 2 unspecified atom stereocenters. The lowest BCUT2D eigenvalue weighted by Crippen LogP contribution is -2.18. The molecule has 0 aliphatic heterocycles. The van der Waals surface area contributed by atoms with Crippen molar-refractivity contribution in [1.29, 1.82) is 0 Å². The van der Waals surface area contributed by atoms with E-state index in [9.17, 15) is 19.5 Å². The highest BCUT2D eigenvalue weighted by Gasteiger charge is 2.30. The molecule has 2 aromatic carbocycles. The number of esters is 1. The number of aliphatic hydroxyl groups excluding tert-OH is 1. The molecule has 0 saturated carbocycles. The number of aliphatic hydroxyl groups is 1. The highest BCUT2D eigenvalue weighted by Crippen LogP contribution is 2.40. The molecule has 2 atom stereocenters. The molecule has 0 spiro atoms. The summed E-state index contributed by atoms with van der Waals surface area (Å²) in [5.41, 5.74) is 3.90. The van der Waals surface area contributed by atoms with Gasteiger partial charge in [0, 0.05) is 46.4 Å². The molecule has 3 rings (SSSR count). The second kappa shape index (κ2) is 17.3. The molecule has 9 heteroatoms. The van der Waals surface area contributed by atoms with Gasteiger partial charge in [-0.2, -0.15) is 0 Å². The minimum Gasteiger partial charge on any atom is -0.511 e. The summed E-state index contributed by atoms with van der Waals surface area (Å²) in [6, 6.07) is 7.10. The summed E-state index contributed by atoms with van der Waals surface area (Å²) in [5, 5.41) is 11.5. The first-order valence-corrected chi connectivity index (χ1v) is 15.5. The molecule has 0 heterocycles. The number of allylic oxidation sites excluding steroid dienone is 2. The maximum Gasteiger partial charge on any atom is 0.308 e. The summed E-state index contributed by atoms with van der Waals surface area (Å²) in [6.45, 7) is 9.85. The number of carbonyl (C=O) groups excluding carboxylic acids is 3. The number of Topliss-reactive ketones (excluding diaryl/α,β-unsaturated/α-hetero) is 2. The van der Waals surface area contributed by atoms with Gasteiger partial charge in [-0.25, -0.2) is 0 Å². The third-order valence-corrected chi connectivity index (χ3v) is 8.03. The highest BCUT2D eigenvalue weighted by molar-refractivity contribution is 6.31. The molecule has 0 bridgehead atoms. The Balaban J connectivity index is 0.000000303. The number of hydrogen-bond donors (Lipinski definition) is 1. The van der Waals surface area contributed by atoms with Crippen LogP contribution < -0.4 is 9.47 Å². The van der Waals surface area contributed by atoms with Crippen LogP contribution in [-0.2, 0) is 38.4 Å². The Hall–Kier alpha value is -3.03. The van der Waals surface area contributed by atoms with Crippen molar-refractivity contribution in [3.63, 3.8) is 0 Å². The van der Waals surface area contributed by atoms with Crippen LogP contribution in [-0.4, -0.2) is 43.5 Å². The van der Waals surface area contributed by atoms with Crippen molar-refractivity contribution in [1.82, 2.24) is 0 Å². The van der Waals surface area contributed by atoms with Gasteiger partial charge < -0.3 is 19.3 Å². The Morgan fingerprint density at radius 1 is 0.977 bits per heavy atom. The first kappa shape index (κ1) is 36.2. The fourth-order valence-electron chi connectivity index (χ4n) is 5.06. The molecular weight excluding hydrogens is 591 g/mol. The molecule has 236 valence electrons. The van der Waals surface area contributed by atoms with Gasteiger partial charge in [0.1, 0.15) is 23.0 Å². The van der Waals surface area contributed by atoms with E-state index >= 15 is 0 Å². The standard InChI is InChI=1S/C18H25ClO4.C16H19ClO3/c1-5-13-9-14(19)10-17(22-4)16(13)11-15(20)8-7-12(3)18(21)23-6-2;1-4-10-7-11(17)8-13(20-3)14(10)15-12(18)6-5-9(2)16(15)19/h9-10,12H,5-8,11H2,1-4H3;7-9,19H,4-6H2,1-3H3. The number of aryl methyl sites for hydroxylation is 2. The van der Waals surface area contributed by atoms with E-state index in [-0.39, 0.29) is 35.1 Å². The minimum atomic E-state index is -0.267. The Morgan fingerprint density at radius 3 is 2.12 bits per heavy atom. The molecular formula is C34H44Cl2O7. The van der Waals surface area contributed by atoms with E-state index in [0.29, 0.717) is 77.8 Å². The SMILES string of the molecule is CCOC(=O)C(C)CCC(=O)Cc1c(CC)cc(Cl)cc1OC.CCc1cc(Cl)cc(OC)c1C1=C(O)C(C)CCC1=O. The number of halogens is 2. The molecule has 0 saturated heterocycles. The number of ketones is 2. The summed E-state index contributed by atoms with van der Waals surface area (Å²) in [5.74, 6) is 0.867. The van der Waals surface area contributed by atoms with Crippen LogP contribution in [0, 0.1) is 11.8 Å². The van der Waals surface area contributed by atoms with E-state index in [1.807, 2.05) is 32.9 Å². The molecule has 1 aliphatic carbocycles. The van der Waals surface area contributed by atoms with Crippen LogP contribution in [0.4, 0.5) is 0 Å². The first-order valence-electron chi connectivity index (χ1n) is 14.8. The van der Waals surface area contributed by atoms with Crippen LogP contribution in [0.25, 0.3) is 5.57 Å². The lowest BCUT2D eigenvalue weighted by molar-refractivity contribution is -0.147. The predicted octanol–water partition coefficient (Wildman–Crippen LogP) is 8.18. The van der Waals surface area contributed by atoms with Gasteiger partial charge in [0.05, 0.1) is 32.3 Å². The Morgan fingerprint density at radius 2 is 1.56 bits per heavy atom. The number of ether oxygens (including phenoxy) is 3. The van der Waals surface area contributed by atoms with E-state index in [1.54, 1.807) is 40.2 Å². The minimum absolute atomic E-state index is 0.00668. The Bertz CT molecular complexity index is 1280. The van der Waals surface area contributed by atoms with Crippen LogP contribution in [0.1, 0.15) is 82.6 Å². The van der Waals surface area contributed by atoms with Gasteiger partial charge in [-0.15, -0.1) is 0 Å². The molecule has 1 N–H and O–H groups in total. The van der Waals surface area contributed by atoms with Crippen molar-refractivity contribution in [2.45, 2.75) is 79.6 Å². The Kier molecular flexibility index (Phi) is 14.6. The van der Waals surface area contributed by atoms with Crippen LogP contribution in [0.2, 0.25) is 10.0 Å². The van der Waals surface area contributed by atoms with Crippen molar-refractivity contribution >= 4 is 46.3 Å². The third kappa shape index (κ3) is 9.73. The summed E-state index contributed by atoms with van der Waals surface area (Å²) >= 11 is 12.1. The zero-order valence-electron chi connectivity index (χ0n) is 26.3. The molecule has 0 aromatic heterocycles. The number of hydrogen-bond acceptors (Lipinski definition) is 7. The summed E-state index contributed by atoms with van der Waals surface area (Å²) in [4.78, 5) is 36.1. The van der Waals surface area contributed by atoms with Crippen molar-refractivity contribution in [3.05, 3.63) is 62.3 Å². The smallest absolute Gasteiger partial charge is 0.308 e. The lowest BCUT2D eigenvalue weighted by Gasteiger charge is -2.24. The van der Waals surface area contributed by atoms with Crippen LogP contribution in [0.5, 0.6) is 11.5 Å². The quantitative estimate of drug-likeness (QED) is 0.235. The van der Waals surface area contributed by atoms with Gasteiger partial charge in [-0.05, 0) is 68.0 Å². The number of methoxy groups -OCH3 is 2. The summed E-state index contributed by atoms with van der Waals surface area (Å²) in [7, 11) is 3.12. The zero-order chi connectivity index (χ0) is 32.3. The van der Waals surface area contributed by atoms with E-state index in [2.05, 4.69) is 0 Å². The lowest BCUT2D eigenvalue weighted by atomic mass is 9.83. The van der Waals surface area contributed by atoms with Gasteiger partial charge in [-0.3, -0.25) is 14.4 Å². The number of rotatable bonds is 12. The van der Waals surface area contributed by atoms with Crippen molar-refractivity contribution in [2.24, 2.45) is 11.8 Å². The normalized spacial score (nSPS) is 15.4. The maximum atomic E-state index is 12.3. The fourth-order valence-corrected chi connectivity index (χ4v) is 5.52. The maximum absolute atomic E-state index is 12.3. The predicted molar refractivity (Wildman–Crippen MR) is 171 cm³/mol. The monoisotopic (exact) mass is 634 g/mol. The third-order valence-electron chi connectivity index (χ3n) is 7.59. The van der Waals surface area contributed by atoms with Gasteiger partial charge >= 0.3 is 5.97 Å². The zero-order valence-corrected chi connectivity index (χ0v) is 27.8. The van der Waals surface area contributed by atoms with E-state index in [1.165, 1.54) is 0 Å². The van der Waals surface area contributed by atoms with Gasteiger partial charge in [-0.1, -0.05) is 50.9 Å². The number of benzene rings is 2. The summed E-state index contributed by atoms with van der Waals surface area (Å²) in [6.07, 6.45) is 3.76. The van der Waals surface area contributed by atoms with Gasteiger partial charge in [0.2, 0.25) is 0 Å². The topological polar surface area (TPSA) is 99.1 Å². The van der Waals surface area contributed by atoms with Crippen molar-refractivity contribution in [3.8, 4) is 11.5 Å². The van der Waals surface area contributed by atoms with E-state index in [4.69, 9.17) is 37.4 Å². The largest absolute Gasteiger partial charge is 0.511 e. The average molecular weight is 636 g/mol. The van der Waals surface area contributed by atoms with E-state index < -0.39 is 0 Å². The first-order chi connectivity index (χ1) is 20.4. The molecule has 7 nitrogen and oxygen atoms in total. The van der Waals surface area contributed by atoms with Crippen LogP contribution >= 0.6 is 23.2 Å². The second-order valence-corrected chi connectivity index (χ2v) is 11.5. The molecule has 1 aliphatic rings. The molecule has 2 aromatic rings. The van der Waals surface area contributed by atoms with Crippen molar-refractivity contribution < 1.29 is 33.7 Å². The van der Waals surface area contributed by atoms with E-state index in [0.717, 1.165) is 23.1 Å². The molecule has 0 amide bonds. The Labute approximate surface area is 265 Å². The molecule has 43 heavy (non-hydrogen) atoms. The summed E-state index contributed by atoms with van der Waals surface area (Å²) < 4.78 is 15.7. The highest BCUT2D eigenvalue weighted by atomic mass is 35.5. The fraction of sp³-hybridized carbons (Fsp3) is 0.500. The average Bonchev–Trinajstić information content (AvgIpc) is 2.99. The van der Waals surface area contributed by atoms with Crippen LogP contribution in [0.3, 0.4) is 0 Å².